The zero-order valence-corrected chi connectivity index (χ0v) is 79.9. The average molecular weight is 1670 g/mol. The van der Waals surface area contributed by atoms with Gasteiger partial charge < -0.3 is 9.13 Å². The summed E-state index contributed by atoms with van der Waals surface area (Å²) in [5.74, 6) is 2.56. The smallest absolute Gasteiger partial charge is 0.160 e. The Hall–Kier alpha value is -2.60. The van der Waals surface area contributed by atoms with Crippen LogP contribution >= 0.6 is 68.0 Å². The van der Waals surface area contributed by atoms with Crippen LogP contribution in [-0.2, 0) is 25.9 Å². The molecule has 0 aliphatic rings. The molecule has 114 heavy (non-hydrogen) atoms. The van der Waals surface area contributed by atoms with Gasteiger partial charge in [0, 0.05) is 32.6 Å². The number of carbonyl (C=O) groups excluding carboxylic acids is 2. The minimum absolute atomic E-state index is 0.627. The lowest BCUT2D eigenvalue weighted by molar-refractivity contribution is 0.111. The number of hydrogen-bond acceptors (Lipinski definition) is 8. The highest BCUT2D eigenvalue weighted by Gasteiger charge is 2.31. The second kappa shape index (κ2) is 59.2. The Morgan fingerprint density at radius 3 is 0.684 bits per heavy atom. The number of fused-ring (bicyclic) bond motifs is 9. The first-order valence-corrected chi connectivity index (χ1v) is 54.7. The fourth-order valence-electron chi connectivity index (χ4n) is 19.4. The zero-order chi connectivity index (χ0) is 80.4. The molecule has 8 aromatic rings. The molecular weight excluding hydrogens is 1500 g/mol. The third kappa shape index (κ3) is 33.0. The first-order valence-electron chi connectivity index (χ1n) is 49.8. The summed E-state index contributed by atoms with van der Waals surface area (Å²) in [7, 11) is 0. The Bertz CT molecular complexity index is 3510. The van der Waals surface area contributed by atoms with E-state index in [2.05, 4.69) is 134 Å². The molecule has 0 bridgehead atoms. The van der Waals surface area contributed by atoms with Gasteiger partial charge >= 0.3 is 0 Å². The molecule has 4 atom stereocenters. The predicted octanol–water partition coefficient (Wildman–Crippen LogP) is 39.1. The highest BCUT2D eigenvalue weighted by molar-refractivity contribution is 7.40. The van der Waals surface area contributed by atoms with E-state index in [9.17, 15) is 9.59 Å². The molecule has 0 radical (unpaired) electrons. The molecule has 10 heteroatoms. The minimum atomic E-state index is 0.627. The van der Waals surface area contributed by atoms with Gasteiger partial charge in [0.25, 0.3) is 0 Å². The molecule has 0 N–H and O–H groups in total. The molecule has 0 fully saturated rings. The highest BCUT2D eigenvalue weighted by Crippen LogP contribution is 2.56. The zero-order valence-electron chi connectivity index (χ0n) is 75.0. The van der Waals surface area contributed by atoms with Crippen LogP contribution in [0.3, 0.4) is 0 Å². The number of thiophene rings is 6. The van der Waals surface area contributed by atoms with Crippen molar-refractivity contribution in [1.82, 2.24) is 9.13 Å². The van der Waals surface area contributed by atoms with Gasteiger partial charge in [-0.3, -0.25) is 9.59 Å². The van der Waals surface area contributed by atoms with Crippen molar-refractivity contribution in [2.24, 2.45) is 23.7 Å². The highest BCUT2D eigenvalue weighted by atomic mass is 32.1. The van der Waals surface area contributed by atoms with Crippen LogP contribution in [0, 0.1) is 23.7 Å². The normalized spacial score (nSPS) is 13.3. The van der Waals surface area contributed by atoms with E-state index in [-0.39, 0.29) is 0 Å². The van der Waals surface area contributed by atoms with Gasteiger partial charge in [-0.1, -0.05) is 441 Å². The van der Waals surface area contributed by atoms with Crippen molar-refractivity contribution in [3.05, 3.63) is 45.1 Å². The van der Waals surface area contributed by atoms with E-state index < -0.39 is 0 Å². The number of aromatic nitrogens is 2. The molecule has 8 rings (SSSR count). The quantitative estimate of drug-likeness (QED) is 0.0282. The molecule has 0 saturated carbocycles. The lowest BCUT2D eigenvalue weighted by Crippen LogP contribution is -2.11. The molecule has 0 saturated heterocycles. The number of rotatable bonds is 76. The Kier molecular flexibility index (Phi) is 50.3. The van der Waals surface area contributed by atoms with Crippen molar-refractivity contribution < 1.29 is 9.59 Å². The summed E-state index contributed by atoms with van der Waals surface area (Å²) >= 11 is 12.1. The fourth-order valence-corrected chi connectivity index (χ4v) is 27.2. The standard InChI is InChI=1S/C104H170N2O2S6/c1-9-17-25-33-41-45-53-59-67-83(65-57-49-37-29-21-13-5)73-87-75-89(81-107)109-97(87)93-77-91-99(111-93)101-95(105(91)79-85(69-61-51-39-31-23-15-7)71-63-55-47-43-35-27-19-11-3)103-104(113-101)96-102(114-103)100-92(106(96)80-86(70-62-52-40-32-24-16-8)72-64-56-48-44-36-28-20-12-4)78-94(112-100)98-88(76-90(82-108)110-98)74-84(66-58-50-38-30-22-14-6)68-60-54-46-42-34-26-18-10-2/h75-78,81-86H,9-74,79-80H2,1-8H3. The van der Waals surface area contributed by atoms with Crippen LogP contribution in [0.1, 0.15) is 497 Å². The Balaban J connectivity index is 1.27. The molecule has 0 aromatic carbocycles. The maximum atomic E-state index is 13.2. The third-order valence-electron chi connectivity index (χ3n) is 26.4. The molecule has 8 aromatic heterocycles. The maximum Gasteiger partial charge on any atom is 0.160 e. The molecule has 0 aliphatic heterocycles. The van der Waals surface area contributed by atoms with Crippen LogP contribution in [0.4, 0.5) is 0 Å². The van der Waals surface area contributed by atoms with Gasteiger partial charge in [-0.05, 0) is 97.6 Å². The van der Waals surface area contributed by atoms with Crippen molar-refractivity contribution in [3.63, 3.8) is 0 Å². The van der Waals surface area contributed by atoms with Crippen LogP contribution in [0.25, 0.3) is 69.8 Å². The molecule has 4 unspecified atom stereocenters. The first-order chi connectivity index (χ1) is 56.3. The van der Waals surface area contributed by atoms with E-state index >= 15 is 0 Å². The number of aldehydes is 2. The maximum absolute atomic E-state index is 13.2. The van der Waals surface area contributed by atoms with Crippen molar-refractivity contribution in [3.8, 4) is 19.5 Å². The molecule has 0 spiro atoms. The van der Waals surface area contributed by atoms with E-state index in [0.717, 1.165) is 35.7 Å². The molecular formula is C104H170N2O2S6. The van der Waals surface area contributed by atoms with Crippen LogP contribution in [0.15, 0.2) is 24.3 Å². The van der Waals surface area contributed by atoms with Gasteiger partial charge in [-0.15, -0.1) is 68.0 Å². The van der Waals surface area contributed by atoms with Crippen molar-refractivity contribution in [1.29, 1.82) is 0 Å². The Morgan fingerprint density at radius 2 is 0.456 bits per heavy atom. The van der Waals surface area contributed by atoms with Gasteiger partial charge in [0.15, 0.2) is 12.6 Å². The molecule has 8 heterocycles. The van der Waals surface area contributed by atoms with Gasteiger partial charge in [0.2, 0.25) is 0 Å². The first kappa shape index (κ1) is 96.9. The van der Waals surface area contributed by atoms with Crippen molar-refractivity contribution >= 4 is 131 Å². The van der Waals surface area contributed by atoms with Crippen LogP contribution in [0.5, 0.6) is 0 Å². The summed E-state index contributed by atoms with van der Waals surface area (Å²) in [5, 5.41) is 0. The summed E-state index contributed by atoms with van der Waals surface area (Å²) in [6.45, 7) is 21.0. The number of carbonyl (C=O) groups is 2. The van der Waals surface area contributed by atoms with E-state index in [4.69, 9.17) is 0 Å². The van der Waals surface area contributed by atoms with Crippen molar-refractivity contribution in [2.75, 3.05) is 0 Å². The van der Waals surface area contributed by atoms with Gasteiger partial charge in [0.05, 0.1) is 60.0 Å². The Labute approximate surface area is 724 Å². The van der Waals surface area contributed by atoms with Crippen LogP contribution in [-0.4, -0.2) is 21.7 Å². The molecule has 4 nitrogen and oxygen atoms in total. The fraction of sp³-hybridized carbons (Fsp3) is 0.769. The monoisotopic (exact) mass is 1670 g/mol. The van der Waals surface area contributed by atoms with E-state index in [1.54, 1.807) is 22.7 Å². The van der Waals surface area contributed by atoms with Crippen molar-refractivity contribution in [2.45, 2.75) is 492 Å². The van der Waals surface area contributed by atoms with Gasteiger partial charge in [-0.2, -0.15) is 0 Å². The minimum Gasteiger partial charge on any atom is -0.338 e. The lowest BCUT2D eigenvalue weighted by atomic mass is 9.88. The van der Waals surface area contributed by atoms with Crippen LogP contribution in [0.2, 0.25) is 0 Å². The summed E-state index contributed by atoms with van der Waals surface area (Å²) in [6.07, 6.45) is 91.2. The molecule has 644 valence electrons. The SMILES string of the molecule is CCCCCCCCCCC(CCCCCCCC)Cc1cc(C=O)sc1-c1cc2c(s1)c1sc3c(sc4c5sc(-c6sc(C=O)cc6CC(CCCCCCCC)CCCCCCCCCC)cc5n(CC(CCCCCCCC)CCCCCCCCCC)c43)c1n2CC(CCCCCCCC)CCCCCCCCCC. The second-order valence-corrected chi connectivity index (χ2v) is 42.8. The van der Waals surface area contributed by atoms with Gasteiger partial charge in [-0.25, -0.2) is 0 Å². The van der Waals surface area contributed by atoms with E-state index in [0.29, 0.717) is 23.7 Å². The topological polar surface area (TPSA) is 44.0 Å². The summed E-state index contributed by atoms with van der Waals surface area (Å²) in [6, 6.07) is 10.0. The summed E-state index contributed by atoms with van der Waals surface area (Å²) in [5.41, 5.74) is 8.85. The summed E-state index contributed by atoms with van der Waals surface area (Å²) in [4.78, 5) is 33.7. The molecule has 0 aliphatic carbocycles. The number of hydrogen-bond donors (Lipinski definition) is 0. The molecule has 0 amide bonds. The lowest BCUT2D eigenvalue weighted by Gasteiger charge is -2.19. The Morgan fingerprint density at radius 1 is 0.246 bits per heavy atom. The largest absolute Gasteiger partial charge is 0.338 e. The van der Waals surface area contributed by atoms with Crippen LogP contribution < -0.4 is 0 Å². The number of unbranched alkanes of at least 4 members (excludes halogenated alkanes) is 48. The average Bonchev–Trinajstić information content (AvgIpc) is 1.53. The third-order valence-corrected chi connectivity index (χ3v) is 34.0. The van der Waals surface area contributed by atoms with E-state index in [1.165, 1.54) is 504 Å². The van der Waals surface area contributed by atoms with Gasteiger partial charge in [0.1, 0.15) is 0 Å². The number of nitrogens with zero attached hydrogens (tertiary/aromatic N) is 2. The predicted molar refractivity (Wildman–Crippen MR) is 521 cm³/mol. The summed E-state index contributed by atoms with van der Waals surface area (Å²) < 4.78 is 15.0. The second-order valence-electron chi connectivity index (χ2n) is 36.5. The van der Waals surface area contributed by atoms with E-state index in [1.807, 2.05) is 0 Å².